The first-order chi connectivity index (χ1) is 18.9. The molecule has 6 atom stereocenters. The van der Waals surface area contributed by atoms with E-state index < -0.39 is 69.6 Å². The fourth-order valence-corrected chi connectivity index (χ4v) is 7.86. The van der Waals surface area contributed by atoms with Gasteiger partial charge in [0.05, 0.1) is 17.3 Å². The molecule has 3 aliphatic carbocycles. The average molecular weight is 557 g/mol. The first-order valence-corrected chi connectivity index (χ1v) is 13.6. The number of allylic oxidation sites excluding steroid dienone is 1. The van der Waals surface area contributed by atoms with Gasteiger partial charge in [-0.3, -0.25) is 24.2 Å². The smallest absolute Gasteiger partial charge is 0.255 e. The highest BCUT2D eigenvalue weighted by molar-refractivity contribution is 6.25. The van der Waals surface area contributed by atoms with Crippen molar-refractivity contribution in [1.82, 2.24) is 9.80 Å². The lowest BCUT2D eigenvalue weighted by Gasteiger charge is -2.50. The number of nitrogens with zero attached hydrogens (tertiary/aromatic N) is 2. The minimum absolute atomic E-state index is 0.0242. The number of Topliss-reactive ketones (excluding diaryl/α,β-unsaturated/α-hetero) is 2. The molecule has 12 heteroatoms. The third-order valence-electron chi connectivity index (χ3n) is 9.89. The number of phenolic OH excluding ortho intramolecular Hbond substituents is 1. The topological polar surface area (TPSA) is 177 Å². The van der Waals surface area contributed by atoms with Crippen LogP contribution in [-0.4, -0.2) is 93.1 Å². The maximum atomic E-state index is 16.4. The number of fused-ring (bicyclic) bond motifs is 6. The standard InChI is InChI=1S/C28H33FN4O7/c1-4-32(2)21-13-8-11-7-12-15(23(35)19-16(18(12)29)20-10(9-31-19)5-6-33(20)3)22(34)14(11)25(37)28(13,40)26(38)17(24(21)36)27(30)39/h10-11,13,20-21,31,35-37,40H,4-9H2,1-3H3,(H2,30,39)/t10?,11-,13-,20?,21-,28-/m0/s1. The van der Waals surface area contributed by atoms with Crippen LogP contribution in [-0.2, 0) is 16.0 Å². The van der Waals surface area contributed by atoms with Crippen molar-refractivity contribution in [3.63, 3.8) is 0 Å². The monoisotopic (exact) mass is 556 g/mol. The number of aliphatic hydroxyl groups is 3. The highest BCUT2D eigenvalue weighted by Crippen LogP contribution is 2.55. The van der Waals surface area contributed by atoms with Gasteiger partial charge in [-0.15, -0.1) is 0 Å². The van der Waals surface area contributed by atoms with E-state index in [1.54, 1.807) is 18.9 Å². The second-order valence-electron chi connectivity index (χ2n) is 11.7. The molecule has 40 heavy (non-hydrogen) atoms. The molecule has 1 aromatic rings. The quantitative estimate of drug-likeness (QED) is 0.233. The van der Waals surface area contributed by atoms with Gasteiger partial charge in [0.1, 0.15) is 22.9 Å². The fraction of sp³-hybridized carbons (Fsp3) is 0.536. The number of nitrogens with two attached hydrogens (primary N) is 1. The van der Waals surface area contributed by atoms with Crippen LogP contribution in [0.2, 0.25) is 0 Å². The van der Waals surface area contributed by atoms with Crippen LogP contribution in [0.1, 0.15) is 47.3 Å². The summed E-state index contributed by atoms with van der Waals surface area (Å²) in [6, 6.07) is -1.36. The number of halogens is 1. The summed E-state index contributed by atoms with van der Waals surface area (Å²) in [6.45, 7) is 3.36. The van der Waals surface area contributed by atoms with Gasteiger partial charge >= 0.3 is 0 Å². The second kappa shape index (κ2) is 8.76. The zero-order valence-electron chi connectivity index (χ0n) is 22.5. The predicted octanol–water partition coefficient (Wildman–Crippen LogP) is 1.07. The molecule has 7 N–H and O–H groups in total. The Morgan fingerprint density at radius 2 is 1.98 bits per heavy atom. The summed E-state index contributed by atoms with van der Waals surface area (Å²) in [5, 5.41) is 48.6. The van der Waals surface area contributed by atoms with E-state index in [4.69, 9.17) is 5.73 Å². The van der Waals surface area contributed by atoms with Gasteiger partial charge in [0, 0.05) is 35.2 Å². The molecular formula is C28H33FN4O7. The van der Waals surface area contributed by atoms with E-state index in [0.717, 1.165) is 13.0 Å². The van der Waals surface area contributed by atoms with E-state index in [9.17, 15) is 34.8 Å². The predicted molar refractivity (Wildman–Crippen MR) is 140 cm³/mol. The third-order valence-corrected chi connectivity index (χ3v) is 9.89. The number of phenols is 1. The molecule has 1 fully saturated rings. The number of amides is 1. The van der Waals surface area contributed by atoms with E-state index in [0.29, 0.717) is 18.7 Å². The van der Waals surface area contributed by atoms with E-state index in [-0.39, 0.29) is 47.2 Å². The number of anilines is 1. The van der Waals surface area contributed by atoms with Gasteiger partial charge in [-0.25, -0.2) is 4.39 Å². The van der Waals surface area contributed by atoms with Crippen molar-refractivity contribution in [2.75, 3.05) is 39.0 Å². The number of aromatic hydroxyl groups is 1. The Morgan fingerprint density at radius 1 is 1.27 bits per heavy atom. The average Bonchev–Trinajstić information content (AvgIpc) is 3.29. The van der Waals surface area contributed by atoms with E-state index in [1.165, 1.54) is 0 Å². The van der Waals surface area contributed by atoms with Crippen molar-refractivity contribution in [1.29, 1.82) is 0 Å². The number of hydrogen-bond donors (Lipinski definition) is 6. The van der Waals surface area contributed by atoms with Crippen LogP contribution >= 0.6 is 0 Å². The Labute approximate surface area is 229 Å². The van der Waals surface area contributed by atoms with Crippen LogP contribution < -0.4 is 11.1 Å². The Kier molecular flexibility index (Phi) is 5.85. The van der Waals surface area contributed by atoms with Crippen molar-refractivity contribution in [3.8, 4) is 5.75 Å². The Bertz CT molecular complexity index is 1450. The summed E-state index contributed by atoms with van der Waals surface area (Å²) < 4.78 is 16.4. The van der Waals surface area contributed by atoms with Crippen molar-refractivity contribution >= 4 is 23.2 Å². The summed E-state index contributed by atoms with van der Waals surface area (Å²) in [7, 11) is 3.51. The van der Waals surface area contributed by atoms with Crippen LogP contribution in [0.3, 0.4) is 0 Å². The normalized spacial score (nSPS) is 33.3. The summed E-state index contributed by atoms with van der Waals surface area (Å²) >= 11 is 0. The Morgan fingerprint density at radius 3 is 2.62 bits per heavy atom. The Balaban J connectivity index is 1.55. The third kappa shape index (κ3) is 3.18. The number of benzene rings is 1. The zero-order valence-corrected chi connectivity index (χ0v) is 22.5. The molecule has 1 amide bonds. The van der Waals surface area contributed by atoms with Gasteiger partial charge < -0.3 is 31.5 Å². The van der Waals surface area contributed by atoms with Gasteiger partial charge in [0.25, 0.3) is 5.91 Å². The molecule has 2 heterocycles. The SMILES string of the molecule is CCN(C)[C@@H]1C(O)=C(C(N)=O)C(=O)[C@@]2(O)C(O)=C3C(=O)c4c(O)c5c(c(F)c4C[C@H]3C[C@@H]12)C1C(CCN1C)CN5. The number of ketones is 2. The molecule has 1 saturated heterocycles. The molecule has 214 valence electrons. The van der Waals surface area contributed by atoms with Gasteiger partial charge in [0.15, 0.2) is 17.1 Å². The fourth-order valence-electron chi connectivity index (χ4n) is 7.86. The Hall–Kier alpha value is -3.48. The number of likely N-dealkylation sites (N-methyl/N-ethyl adjacent to an activating group) is 1. The molecule has 0 aromatic heterocycles. The lowest BCUT2D eigenvalue weighted by Crippen LogP contribution is -2.64. The minimum atomic E-state index is -2.73. The van der Waals surface area contributed by atoms with E-state index in [2.05, 4.69) is 5.32 Å². The second-order valence-corrected chi connectivity index (χ2v) is 11.7. The zero-order chi connectivity index (χ0) is 29.0. The largest absolute Gasteiger partial charge is 0.510 e. The van der Waals surface area contributed by atoms with Crippen LogP contribution in [0.4, 0.5) is 10.1 Å². The van der Waals surface area contributed by atoms with Gasteiger partial charge in [-0.1, -0.05) is 6.92 Å². The minimum Gasteiger partial charge on any atom is -0.510 e. The van der Waals surface area contributed by atoms with Crippen LogP contribution in [0.15, 0.2) is 22.7 Å². The number of carbonyl (C=O) groups excluding carboxylic acids is 3. The number of likely N-dealkylation sites (tertiary alicyclic amines) is 1. The summed E-state index contributed by atoms with van der Waals surface area (Å²) in [4.78, 5) is 43.2. The molecule has 5 aliphatic rings. The lowest BCUT2D eigenvalue weighted by molar-refractivity contribution is -0.148. The van der Waals surface area contributed by atoms with Crippen molar-refractivity contribution < 1.29 is 39.2 Å². The highest BCUT2D eigenvalue weighted by Gasteiger charge is 2.63. The summed E-state index contributed by atoms with van der Waals surface area (Å²) in [6.07, 6.45) is 0.697. The van der Waals surface area contributed by atoms with Gasteiger partial charge in [-0.2, -0.15) is 0 Å². The number of rotatable bonds is 3. The number of nitrogens with one attached hydrogen (secondary N) is 1. The van der Waals surface area contributed by atoms with Gasteiger partial charge in [0.2, 0.25) is 5.78 Å². The molecule has 6 rings (SSSR count). The molecule has 1 aromatic carbocycles. The lowest BCUT2D eigenvalue weighted by atomic mass is 9.58. The highest BCUT2D eigenvalue weighted by atomic mass is 19.1. The number of hydrogen-bond acceptors (Lipinski definition) is 10. The van der Waals surface area contributed by atoms with E-state index >= 15 is 4.39 Å². The van der Waals surface area contributed by atoms with E-state index in [1.807, 2.05) is 11.9 Å². The van der Waals surface area contributed by atoms with Crippen molar-refractivity contribution in [2.24, 2.45) is 23.5 Å². The maximum absolute atomic E-state index is 16.4. The number of carbonyl (C=O) groups is 3. The molecule has 0 bridgehead atoms. The molecule has 2 unspecified atom stereocenters. The number of primary amides is 1. The molecule has 11 nitrogen and oxygen atoms in total. The molecule has 2 aliphatic heterocycles. The molecule has 0 spiro atoms. The van der Waals surface area contributed by atoms with Crippen molar-refractivity contribution in [3.05, 3.63) is 45.2 Å². The van der Waals surface area contributed by atoms with Crippen LogP contribution in [0.25, 0.3) is 0 Å². The first-order valence-electron chi connectivity index (χ1n) is 13.6. The first kappa shape index (κ1) is 26.7. The van der Waals surface area contributed by atoms with Crippen LogP contribution in [0.5, 0.6) is 5.75 Å². The van der Waals surface area contributed by atoms with Gasteiger partial charge in [-0.05, 0) is 58.3 Å². The molecule has 0 radical (unpaired) electrons. The van der Waals surface area contributed by atoms with Crippen LogP contribution in [0, 0.1) is 23.6 Å². The number of aliphatic hydroxyl groups excluding tert-OH is 2. The van der Waals surface area contributed by atoms with Crippen molar-refractivity contribution in [2.45, 2.75) is 43.9 Å². The summed E-state index contributed by atoms with van der Waals surface area (Å²) in [5.41, 5.74) is 1.65. The molecular weight excluding hydrogens is 523 g/mol. The summed E-state index contributed by atoms with van der Waals surface area (Å²) in [5.74, 6) is -7.94. The molecule has 0 saturated carbocycles. The maximum Gasteiger partial charge on any atom is 0.255 e.